The lowest BCUT2D eigenvalue weighted by Gasteiger charge is -2.03. The summed E-state index contributed by atoms with van der Waals surface area (Å²) in [5.41, 5.74) is 8.41. The van der Waals surface area contributed by atoms with Crippen LogP contribution in [-0.2, 0) is 38.5 Å². The Morgan fingerprint density at radius 2 is 0.447 bits per heavy atom. The Kier molecular flexibility index (Phi) is 70.0. The molecule has 6 aromatic rings. The number of nitrogens with two attached hydrogens (primary N) is 2. The second-order valence-electron chi connectivity index (χ2n) is 33.4. The predicted molar refractivity (Wildman–Crippen MR) is 521 cm³/mol. The zero-order valence-electron chi connectivity index (χ0n) is 74.9. The molecule has 0 unspecified atom stereocenters. The fourth-order valence-corrected chi connectivity index (χ4v) is 21.8. The maximum Gasteiger partial charge on any atom is 0.160 e. The van der Waals surface area contributed by atoms with E-state index in [1.54, 1.807) is 33.8 Å². The van der Waals surface area contributed by atoms with E-state index in [1.807, 2.05) is 57.8 Å². The summed E-state index contributed by atoms with van der Waals surface area (Å²) in [5, 5.41) is 13.8. The largest absolute Gasteiger partial charge is 0.297 e. The summed E-state index contributed by atoms with van der Waals surface area (Å²) >= 11 is 10.8. The Bertz CT molecular complexity index is 2980. The molecule has 0 bridgehead atoms. The van der Waals surface area contributed by atoms with E-state index in [2.05, 4.69) is 124 Å². The SMILES string of the molecule is CCCCCCCCCCCCc1cc(-c2cc(CCCCCCCCCCCC)c(C=O)s2)sc1C=O.CCCCCCCCCCCCc1cc(C)sc1/C=N/N=C/c1sc(C)cc1CCCCCCCCCCCC.CCCCCCCCCCCCc1csc(-c2cc(CCCCCCCCCCCC)cs2)c1.NN. The fourth-order valence-electron chi connectivity index (χ4n) is 15.8. The predicted octanol–water partition coefficient (Wildman–Crippen LogP) is 36.1. The molecule has 0 saturated carbocycles. The molecule has 114 heavy (non-hydrogen) atoms. The first-order valence-corrected chi connectivity index (χ1v) is 53.1. The minimum atomic E-state index is 0.869. The van der Waals surface area contributed by atoms with Gasteiger partial charge in [0.1, 0.15) is 0 Å². The van der Waals surface area contributed by atoms with Crippen LogP contribution in [0.5, 0.6) is 0 Å². The highest BCUT2D eigenvalue weighted by molar-refractivity contribution is 7.23. The van der Waals surface area contributed by atoms with Crippen molar-refractivity contribution < 1.29 is 9.59 Å². The third kappa shape index (κ3) is 53.5. The van der Waals surface area contributed by atoms with E-state index in [9.17, 15) is 9.59 Å². The number of thiophene rings is 6. The molecule has 6 aromatic heterocycles. The zero-order chi connectivity index (χ0) is 82.0. The van der Waals surface area contributed by atoms with Crippen molar-refractivity contribution in [2.45, 2.75) is 479 Å². The molecule has 0 radical (unpaired) electrons. The minimum Gasteiger partial charge on any atom is -0.297 e. The first kappa shape index (κ1) is 105. The molecule has 0 spiro atoms. The van der Waals surface area contributed by atoms with Crippen molar-refractivity contribution in [2.24, 2.45) is 21.9 Å². The number of aryl methyl sites for hydroxylation is 8. The van der Waals surface area contributed by atoms with Crippen LogP contribution in [0.4, 0.5) is 0 Å². The first-order chi connectivity index (χ1) is 56.2. The number of nitrogens with zero attached hydrogens (tertiary/aromatic N) is 2. The number of hydrogen-bond acceptors (Lipinski definition) is 12. The lowest BCUT2D eigenvalue weighted by molar-refractivity contribution is 0.111. The summed E-state index contributed by atoms with van der Waals surface area (Å²) in [6, 6.07) is 14.1. The minimum absolute atomic E-state index is 0.869. The van der Waals surface area contributed by atoms with E-state index < -0.39 is 0 Å². The Morgan fingerprint density at radius 3 is 0.667 bits per heavy atom. The van der Waals surface area contributed by atoms with Crippen molar-refractivity contribution in [1.29, 1.82) is 0 Å². The first-order valence-electron chi connectivity index (χ1n) is 48.1. The van der Waals surface area contributed by atoms with Crippen molar-refractivity contribution in [1.82, 2.24) is 0 Å². The van der Waals surface area contributed by atoms with Crippen LogP contribution in [0.25, 0.3) is 19.5 Å². The van der Waals surface area contributed by atoms with Crippen LogP contribution >= 0.6 is 68.0 Å². The molecule has 0 aromatic carbocycles. The van der Waals surface area contributed by atoms with Crippen LogP contribution in [0, 0.1) is 13.8 Å². The highest BCUT2D eigenvalue weighted by atomic mass is 32.1. The van der Waals surface area contributed by atoms with E-state index in [0.717, 1.165) is 57.8 Å². The summed E-state index contributed by atoms with van der Waals surface area (Å²) in [7, 11) is 0. The second-order valence-corrected chi connectivity index (χ2v) is 40.0. The van der Waals surface area contributed by atoms with Crippen molar-refractivity contribution in [3.8, 4) is 19.5 Å². The molecule has 6 rings (SSSR count). The summed E-state index contributed by atoms with van der Waals surface area (Å²) in [6.45, 7) is 18.1. The molecule has 0 saturated heterocycles. The number of rotatable bonds is 73. The van der Waals surface area contributed by atoms with Gasteiger partial charge >= 0.3 is 0 Å². The number of hydrogen-bond donors (Lipinski definition) is 2. The molecular weight excluding hydrogens is 1510 g/mol. The average Bonchev–Trinajstić information content (AvgIpc) is 1.66. The van der Waals surface area contributed by atoms with Gasteiger partial charge in [-0.05, 0) is 171 Å². The van der Waals surface area contributed by atoms with Gasteiger partial charge in [0, 0.05) is 29.3 Å². The molecule has 0 aliphatic heterocycles. The number of carbonyl (C=O) groups excluding carboxylic acids is 2. The molecule has 0 amide bonds. The fraction of sp³-hybridized carbons (Fsp3) is 0.725. The average molecular weight is 1680 g/mol. The lowest BCUT2D eigenvalue weighted by atomic mass is 10.0. The molecule has 648 valence electrons. The molecular formula is C102H172N4O2S6. The quantitative estimate of drug-likeness (QED) is 0.0130. The van der Waals surface area contributed by atoms with Gasteiger partial charge in [0.15, 0.2) is 12.6 Å². The van der Waals surface area contributed by atoms with E-state index in [4.69, 9.17) is 0 Å². The Morgan fingerprint density at radius 1 is 0.246 bits per heavy atom. The van der Waals surface area contributed by atoms with Gasteiger partial charge in [-0.15, -0.1) is 68.0 Å². The Balaban J connectivity index is 0.000000439. The van der Waals surface area contributed by atoms with Crippen LogP contribution in [0.3, 0.4) is 0 Å². The third-order valence-corrected chi connectivity index (χ3v) is 29.5. The highest BCUT2D eigenvalue weighted by Crippen LogP contribution is 2.39. The van der Waals surface area contributed by atoms with Gasteiger partial charge < -0.3 is 0 Å². The van der Waals surface area contributed by atoms with Crippen LogP contribution < -0.4 is 11.7 Å². The lowest BCUT2D eigenvalue weighted by Crippen LogP contribution is -2.02. The van der Waals surface area contributed by atoms with Gasteiger partial charge in [0.05, 0.1) is 31.9 Å². The molecule has 0 fully saturated rings. The van der Waals surface area contributed by atoms with E-state index in [0.29, 0.717) is 0 Å². The van der Waals surface area contributed by atoms with Crippen molar-refractivity contribution >= 4 is 93.0 Å². The molecule has 0 aliphatic carbocycles. The maximum absolute atomic E-state index is 11.8. The number of aldehydes is 2. The van der Waals surface area contributed by atoms with Gasteiger partial charge in [0.2, 0.25) is 0 Å². The molecule has 6 heterocycles. The maximum atomic E-state index is 11.8. The van der Waals surface area contributed by atoms with Crippen LogP contribution in [0.1, 0.15) is 499 Å². The summed E-state index contributed by atoms with van der Waals surface area (Å²) in [4.78, 5) is 35.9. The van der Waals surface area contributed by atoms with Gasteiger partial charge in [-0.25, -0.2) is 0 Å². The van der Waals surface area contributed by atoms with Gasteiger partial charge in [0.25, 0.3) is 0 Å². The van der Waals surface area contributed by atoms with E-state index in [-0.39, 0.29) is 0 Å². The van der Waals surface area contributed by atoms with E-state index in [1.165, 1.54) is 450 Å². The van der Waals surface area contributed by atoms with Gasteiger partial charge in [-0.3, -0.25) is 21.3 Å². The van der Waals surface area contributed by atoms with Crippen LogP contribution in [0.15, 0.2) is 57.4 Å². The number of hydrazine groups is 1. The molecule has 0 atom stereocenters. The number of carbonyl (C=O) groups is 2. The molecule has 4 N–H and O–H groups in total. The monoisotopic (exact) mass is 1680 g/mol. The summed E-state index contributed by atoms with van der Waals surface area (Å²) in [6.07, 6.45) is 95.6. The zero-order valence-corrected chi connectivity index (χ0v) is 79.8. The van der Waals surface area contributed by atoms with Gasteiger partial charge in [-0.2, -0.15) is 10.2 Å². The Labute approximate surface area is 727 Å². The highest BCUT2D eigenvalue weighted by Gasteiger charge is 2.17. The standard InChI is InChI=1S/C36H60N2S2.C34H54O2S2.C32H54S2.H4N2/c1-5-7-9-11-13-15-17-19-21-23-25-33-27-31(3)39-35(33)29-37-38-30-36-34(28-32(4)40-36)26-24-22-20-18-16-14-12-10-8-6-2;1-3-5-7-9-11-13-15-17-19-21-23-29-25-31(37-33(29)27-35)32-26-30(34(28-36)38-32)24-22-20-18-16-14-12-10-8-6-4-2;1-3-5-7-9-11-13-15-17-19-21-23-29-25-31(33-27-29)32-26-30(28-34-32)24-22-20-18-16-14-12-10-8-6-4-2;1-2/h27-30H,5-26H2,1-4H3;25-28H,3-24H2,1-2H3;25-28H,3-24H2,1-2H3;1-2H2/b37-29+,38-30+;;;. The van der Waals surface area contributed by atoms with Crippen molar-refractivity contribution in [3.05, 3.63) is 110 Å². The summed E-state index contributed by atoms with van der Waals surface area (Å²) < 4.78 is 0. The third-order valence-electron chi connectivity index (χ3n) is 22.9. The van der Waals surface area contributed by atoms with E-state index >= 15 is 0 Å². The number of unbranched alkanes of at least 4 members (excludes halogenated alkanes) is 54. The molecule has 0 aliphatic rings. The smallest absolute Gasteiger partial charge is 0.160 e. The molecule has 12 heteroatoms. The van der Waals surface area contributed by atoms with Crippen molar-refractivity contribution in [2.75, 3.05) is 0 Å². The molecule has 6 nitrogen and oxygen atoms in total. The van der Waals surface area contributed by atoms with Crippen molar-refractivity contribution in [3.63, 3.8) is 0 Å². The van der Waals surface area contributed by atoms with Gasteiger partial charge in [-0.1, -0.05) is 388 Å². The van der Waals surface area contributed by atoms with Crippen LogP contribution in [-0.4, -0.2) is 25.0 Å². The second kappa shape index (κ2) is 76.0. The topological polar surface area (TPSA) is 111 Å². The normalized spacial score (nSPS) is 11.5. The Hall–Kier alpha value is -3.20. The van der Waals surface area contributed by atoms with Crippen LogP contribution in [0.2, 0.25) is 0 Å². The summed E-state index contributed by atoms with van der Waals surface area (Å²) in [5.74, 6) is 8.00.